The smallest absolute Gasteiger partial charge is 0.273 e. The third kappa shape index (κ3) is 3.91. The second-order valence-corrected chi connectivity index (χ2v) is 5.41. The Morgan fingerprint density at radius 3 is 1.36 bits per heavy atom. The van der Waals surface area contributed by atoms with Crippen molar-refractivity contribution in [3.05, 3.63) is 0 Å². The fraction of sp³-hybridized carbons (Fsp3) is 0.562. The van der Waals surface area contributed by atoms with Gasteiger partial charge in [-0.2, -0.15) is 21.0 Å². The molecule has 9 nitrogen and oxygen atoms in total. The summed E-state index contributed by atoms with van der Waals surface area (Å²) in [6.45, 7) is -0.378. The van der Waals surface area contributed by atoms with Crippen LogP contribution >= 0.6 is 0 Å². The van der Waals surface area contributed by atoms with Crippen LogP contribution in [0.4, 0.5) is 4.79 Å². The Morgan fingerprint density at radius 1 is 0.680 bits per heavy atom. The molecule has 0 N–H and O–H groups in total. The normalized spacial score (nSPS) is 15.9. The van der Waals surface area contributed by atoms with Crippen LogP contribution in [-0.2, 0) is 9.59 Å². The zero-order chi connectivity index (χ0) is 18.9. The minimum Gasteiger partial charge on any atom is -0.273 e. The zero-order valence-corrected chi connectivity index (χ0v) is 13.6. The molecule has 0 spiro atoms. The van der Waals surface area contributed by atoms with Crippen molar-refractivity contribution in [2.45, 2.75) is 38.5 Å². The van der Waals surface area contributed by atoms with Crippen LogP contribution in [0.2, 0.25) is 0 Å². The van der Waals surface area contributed by atoms with Gasteiger partial charge in [-0.15, -0.1) is 0 Å². The van der Waals surface area contributed by atoms with Crippen molar-refractivity contribution in [3.8, 4) is 24.3 Å². The lowest BCUT2D eigenvalue weighted by Crippen LogP contribution is -2.65. The molecule has 0 atom stereocenters. The van der Waals surface area contributed by atoms with Crippen molar-refractivity contribution in [2.24, 2.45) is 5.41 Å². The molecule has 0 aromatic rings. The second-order valence-electron chi connectivity index (χ2n) is 5.41. The lowest BCUT2D eigenvalue weighted by atomic mass is 9.75. The summed E-state index contributed by atoms with van der Waals surface area (Å²) in [6.07, 6.45) is -0.663. The number of urea groups is 1. The quantitative estimate of drug-likeness (QED) is 0.601. The van der Waals surface area contributed by atoms with Gasteiger partial charge in [0.15, 0.2) is 0 Å². The first-order chi connectivity index (χ1) is 12.0. The molecule has 25 heavy (non-hydrogen) atoms. The van der Waals surface area contributed by atoms with E-state index in [1.165, 1.54) is 0 Å². The summed E-state index contributed by atoms with van der Waals surface area (Å²) in [6, 6.07) is 6.54. The first kappa shape index (κ1) is 19.6. The number of nitriles is 4. The average Bonchev–Trinajstić information content (AvgIpc) is 2.61. The Morgan fingerprint density at radius 2 is 1.04 bits per heavy atom. The maximum atomic E-state index is 12.9. The lowest BCUT2D eigenvalue weighted by molar-refractivity contribution is -0.159. The van der Waals surface area contributed by atoms with Gasteiger partial charge in [0.1, 0.15) is 5.41 Å². The molecular formula is C16H16N6O3. The summed E-state index contributed by atoms with van der Waals surface area (Å²) in [7, 11) is 0. The highest BCUT2D eigenvalue weighted by atomic mass is 16.2. The Labute approximate surface area is 145 Å². The summed E-state index contributed by atoms with van der Waals surface area (Å²) in [5.41, 5.74) is -1.69. The van der Waals surface area contributed by atoms with Crippen molar-refractivity contribution in [2.75, 3.05) is 13.1 Å². The van der Waals surface area contributed by atoms with E-state index >= 15 is 0 Å². The number of imide groups is 2. The van der Waals surface area contributed by atoms with Crippen LogP contribution in [0.15, 0.2) is 0 Å². The van der Waals surface area contributed by atoms with Crippen molar-refractivity contribution >= 4 is 17.8 Å². The van der Waals surface area contributed by atoms with Crippen LogP contribution < -0.4 is 0 Å². The minimum atomic E-state index is -1.69. The van der Waals surface area contributed by atoms with E-state index in [-0.39, 0.29) is 51.6 Å². The van der Waals surface area contributed by atoms with Gasteiger partial charge in [0.25, 0.3) is 0 Å². The van der Waals surface area contributed by atoms with Gasteiger partial charge < -0.3 is 0 Å². The van der Waals surface area contributed by atoms with Gasteiger partial charge in [0, 0.05) is 25.9 Å². The molecule has 1 rings (SSSR count). The van der Waals surface area contributed by atoms with Crippen molar-refractivity contribution in [1.29, 1.82) is 21.0 Å². The Hall–Kier alpha value is -3.43. The van der Waals surface area contributed by atoms with Crippen molar-refractivity contribution in [1.82, 2.24) is 9.80 Å². The fourth-order valence-electron chi connectivity index (χ4n) is 2.74. The Bertz CT molecular complexity index is 658. The number of barbiturate groups is 1. The van der Waals surface area contributed by atoms with Gasteiger partial charge in [-0.25, -0.2) is 4.79 Å². The minimum absolute atomic E-state index is 0.102. The van der Waals surface area contributed by atoms with Gasteiger partial charge in [-0.1, -0.05) is 0 Å². The number of amides is 4. The van der Waals surface area contributed by atoms with Gasteiger partial charge in [0.05, 0.1) is 37.1 Å². The molecule has 0 aromatic heterocycles. The number of carbonyl (C=O) groups excluding carboxylic acids is 3. The topological polar surface area (TPSA) is 153 Å². The predicted octanol–water partition coefficient (Wildman–Crippen LogP) is 1.20. The highest BCUT2D eigenvalue weighted by Gasteiger charge is 2.56. The molecule has 0 radical (unpaired) electrons. The van der Waals surface area contributed by atoms with E-state index < -0.39 is 23.3 Å². The number of nitrogens with zero attached hydrogens (tertiary/aromatic N) is 6. The van der Waals surface area contributed by atoms with Gasteiger partial charge in [0.2, 0.25) is 11.8 Å². The highest BCUT2D eigenvalue weighted by Crippen LogP contribution is 2.38. The molecule has 0 bridgehead atoms. The molecule has 1 fully saturated rings. The third-order valence-electron chi connectivity index (χ3n) is 3.99. The maximum absolute atomic E-state index is 12.9. The number of rotatable bonds is 8. The summed E-state index contributed by atoms with van der Waals surface area (Å²) < 4.78 is 0. The molecule has 0 aliphatic carbocycles. The average molecular weight is 340 g/mol. The van der Waals surface area contributed by atoms with Gasteiger partial charge >= 0.3 is 6.03 Å². The number of carbonyl (C=O) groups is 3. The summed E-state index contributed by atoms with van der Waals surface area (Å²) in [4.78, 5) is 39.8. The Kier molecular flexibility index (Phi) is 7.07. The Balaban J connectivity index is 3.35. The third-order valence-corrected chi connectivity index (χ3v) is 3.99. The van der Waals surface area contributed by atoms with Crippen LogP contribution in [0, 0.1) is 50.7 Å². The molecule has 1 heterocycles. The fourth-order valence-corrected chi connectivity index (χ4v) is 2.74. The summed E-state index contributed by atoms with van der Waals surface area (Å²) in [5, 5.41) is 35.2. The SMILES string of the molecule is N#CCCN1C(=O)N(CCC#N)C(=O)C(CCC#N)(CCC#N)C1=O. The van der Waals surface area contributed by atoms with Gasteiger partial charge in [-0.3, -0.25) is 19.4 Å². The van der Waals surface area contributed by atoms with Crippen LogP contribution in [0.1, 0.15) is 38.5 Å². The van der Waals surface area contributed by atoms with Gasteiger partial charge in [-0.05, 0) is 12.8 Å². The summed E-state index contributed by atoms with van der Waals surface area (Å²) in [5.74, 6) is -1.56. The molecule has 0 unspecified atom stereocenters. The number of hydrogen-bond donors (Lipinski definition) is 0. The van der Waals surface area contributed by atoms with E-state index in [4.69, 9.17) is 21.0 Å². The zero-order valence-electron chi connectivity index (χ0n) is 13.6. The van der Waals surface area contributed by atoms with E-state index in [1.807, 2.05) is 24.3 Å². The van der Waals surface area contributed by atoms with Crippen molar-refractivity contribution < 1.29 is 14.4 Å². The standard InChI is InChI=1S/C16H16N6O3/c17-7-1-5-16(6-2-8-18)13(23)21(11-3-9-19)15(25)22(14(16)24)12-4-10-20/h1-6,11-12H2. The van der Waals surface area contributed by atoms with E-state index in [9.17, 15) is 14.4 Å². The molecule has 0 saturated carbocycles. The van der Waals surface area contributed by atoms with Crippen LogP contribution in [0.25, 0.3) is 0 Å². The van der Waals surface area contributed by atoms with E-state index in [2.05, 4.69) is 0 Å². The molecule has 1 aliphatic heterocycles. The van der Waals surface area contributed by atoms with E-state index in [0.717, 1.165) is 9.80 Å². The molecule has 4 amide bonds. The van der Waals surface area contributed by atoms with Crippen molar-refractivity contribution in [3.63, 3.8) is 0 Å². The molecule has 128 valence electrons. The van der Waals surface area contributed by atoms with E-state index in [0.29, 0.717) is 0 Å². The summed E-state index contributed by atoms with van der Waals surface area (Å²) >= 11 is 0. The second kappa shape index (κ2) is 9.01. The lowest BCUT2D eigenvalue weighted by Gasteiger charge is -2.43. The first-order valence-electron chi connectivity index (χ1n) is 7.66. The highest BCUT2D eigenvalue weighted by molar-refractivity contribution is 6.19. The first-order valence-corrected chi connectivity index (χ1v) is 7.66. The molecule has 1 aliphatic rings. The monoisotopic (exact) mass is 340 g/mol. The van der Waals surface area contributed by atoms with Crippen LogP contribution in [0.3, 0.4) is 0 Å². The molecule has 9 heteroatoms. The number of hydrogen-bond acceptors (Lipinski definition) is 7. The molecule has 1 saturated heterocycles. The van der Waals surface area contributed by atoms with E-state index in [1.54, 1.807) is 0 Å². The van der Waals surface area contributed by atoms with Crippen LogP contribution in [-0.4, -0.2) is 40.7 Å². The predicted molar refractivity (Wildman–Crippen MR) is 81.4 cm³/mol. The molecule has 0 aromatic carbocycles. The van der Waals surface area contributed by atoms with Crippen LogP contribution in [0.5, 0.6) is 0 Å². The maximum Gasteiger partial charge on any atom is 0.333 e. The molecular weight excluding hydrogens is 324 g/mol. The largest absolute Gasteiger partial charge is 0.333 e.